The standard InChI is InChI=1S/C15H21NO3/c1-4-11(2)12-5-6-13-14(9-12)19-10-15(17)16(13)7-8-18-3/h5-6,9,11H,4,7-8,10H2,1-3H3. The first-order valence-corrected chi connectivity index (χ1v) is 6.73. The molecule has 0 fully saturated rings. The number of rotatable bonds is 5. The number of carbonyl (C=O) groups excluding carboxylic acids is 1. The highest BCUT2D eigenvalue weighted by Gasteiger charge is 2.25. The van der Waals surface area contributed by atoms with Crippen LogP contribution in [0.25, 0.3) is 0 Å². The minimum absolute atomic E-state index is 0.0131. The molecule has 0 bridgehead atoms. The molecule has 1 aliphatic heterocycles. The molecule has 0 radical (unpaired) electrons. The second-order valence-electron chi connectivity index (χ2n) is 4.86. The van der Waals surface area contributed by atoms with Crippen molar-refractivity contribution in [2.75, 3.05) is 31.8 Å². The summed E-state index contributed by atoms with van der Waals surface area (Å²) in [5.41, 5.74) is 2.10. The second kappa shape index (κ2) is 6.06. The molecular weight excluding hydrogens is 242 g/mol. The summed E-state index contributed by atoms with van der Waals surface area (Å²) in [6.07, 6.45) is 1.09. The first-order chi connectivity index (χ1) is 9.17. The number of anilines is 1. The van der Waals surface area contributed by atoms with E-state index in [2.05, 4.69) is 26.0 Å². The van der Waals surface area contributed by atoms with Gasteiger partial charge in [0.25, 0.3) is 5.91 Å². The number of hydrogen-bond acceptors (Lipinski definition) is 3. The van der Waals surface area contributed by atoms with Gasteiger partial charge in [0, 0.05) is 13.7 Å². The van der Waals surface area contributed by atoms with E-state index in [1.807, 2.05) is 6.07 Å². The summed E-state index contributed by atoms with van der Waals surface area (Å²) in [6.45, 7) is 5.56. The van der Waals surface area contributed by atoms with Crippen molar-refractivity contribution in [2.24, 2.45) is 0 Å². The Labute approximate surface area is 114 Å². The fourth-order valence-corrected chi connectivity index (χ4v) is 2.19. The quantitative estimate of drug-likeness (QED) is 0.819. The highest BCUT2D eigenvalue weighted by Crippen LogP contribution is 2.35. The normalized spacial score (nSPS) is 15.9. The zero-order valence-electron chi connectivity index (χ0n) is 11.8. The Bertz CT molecular complexity index is 459. The molecule has 1 atom stereocenters. The van der Waals surface area contributed by atoms with Crippen LogP contribution in [0, 0.1) is 0 Å². The van der Waals surface area contributed by atoms with Gasteiger partial charge in [0.15, 0.2) is 6.61 Å². The Hall–Kier alpha value is -1.55. The number of amides is 1. The van der Waals surface area contributed by atoms with Crippen molar-refractivity contribution in [1.29, 1.82) is 0 Å². The van der Waals surface area contributed by atoms with Crippen molar-refractivity contribution in [3.05, 3.63) is 23.8 Å². The second-order valence-corrected chi connectivity index (χ2v) is 4.86. The van der Waals surface area contributed by atoms with Gasteiger partial charge in [-0.05, 0) is 30.0 Å². The van der Waals surface area contributed by atoms with Gasteiger partial charge >= 0.3 is 0 Å². The zero-order valence-corrected chi connectivity index (χ0v) is 11.8. The van der Waals surface area contributed by atoms with Crippen LogP contribution >= 0.6 is 0 Å². The maximum Gasteiger partial charge on any atom is 0.265 e. The molecule has 1 amide bonds. The largest absolute Gasteiger partial charge is 0.482 e. The summed E-state index contributed by atoms with van der Waals surface area (Å²) in [7, 11) is 1.64. The van der Waals surface area contributed by atoms with E-state index in [9.17, 15) is 4.79 Å². The Kier molecular flexibility index (Phi) is 4.43. The Morgan fingerprint density at radius 2 is 2.26 bits per heavy atom. The molecule has 4 nitrogen and oxygen atoms in total. The molecule has 0 aromatic heterocycles. The summed E-state index contributed by atoms with van der Waals surface area (Å²) < 4.78 is 10.6. The van der Waals surface area contributed by atoms with Gasteiger partial charge in [-0.15, -0.1) is 0 Å². The first kappa shape index (κ1) is 13.9. The fourth-order valence-electron chi connectivity index (χ4n) is 2.19. The van der Waals surface area contributed by atoms with Crippen molar-refractivity contribution < 1.29 is 14.3 Å². The van der Waals surface area contributed by atoms with Crippen LogP contribution in [0.15, 0.2) is 18.2 Å². The number of methoxy groups -OCH3 is 1. The number of hydrogen-bond donors (Lipinski definition) is 0. The van der Waals surface area contributed by atoms with Gasteiger partial charge < -0.3 is 14.4 Å². The Morgan fingerprint density at radius 1 is 1.47 bits per heavy atom. The van der Waals surface area contributed by atoms with Gasteiger partial charge in [0.1, 0.15) is 5.75 Å². The van der Waals surface area contributed by atoms with E-state index in [0.29, 0.717) is 19.1 Å². The highest BCUT2D eigenvalue weighted by atomic mass is 16.5. The molecular formula is C15H21NO3. The minimum atomic E-state index is -0.0131. The maximum absolute atomic E-state index is 11.9. The molecule has 19 heavy (non-hydrogen) atoms. The van der Waals surface area contributed by atoms with Crippen LogP contribution in [-0.4, -0.2) is 32.8 Å². The van der Waals surface area contributed by atoms with E-state index in [1.54, 1.807) is 12.0 Å². The van der Waals surface area contributed by atoms with Crippen LogP contribution in [0.1, 0.15) is 31.7 Å². The van der Waals surface area contributed by atoms with E-state index in [-0.39, 0.29) is 12.5 Å². The maximum atomic E-state index is 11.9. The lowest BCUT2D eigenvalue weighted by Crippen LogP contribution is -2.40. The van der Waals surface area contributed by atoms with E-state index >= 15 is 0 Å². The SMILES string of the molecule is CCC(C)c1ccc2c(c1)OCC(=O)N2CCOC. The summed E-state index contributed by atoms with van der Waals surface area (Å²) >= 11 is 0. The topological polar surface area (TPSA) is 38.8 Å². The number of fused-ring (bicyclic) bond motifs is 1. The van der Waals surface area contributed by atoms with Crippen molar-refractivity contribution in [1.82, 2.24) is 0 Å². The molecule has 1 aliphatic rings. The van der Waals surface area contributed by atoms with E-state index in [0.717, 1.165) is 17.9 Å². The molecule has 4 heteroatoms. The number of ether oxygens (including phenoxy) is 2. The molecule has 1 heterocycles. The highest BCUT2D eigenvalue weighted by molar-refractivity contribution is 5.97. The summed E-state index contributed by atoms with van der Waals surface area (Å²) in [5.74, 6) is 1.29. The summed E-state index contributed by atoms with van der Waals surface area (Å²) in [5, 5.41) is 0. The fraction of sp³-hybridized carbons (Fsp3) is 0.533. The molecule has 1 unspecified atom stereocenters. The number of nitrogens with zero attached hydrogens (tertiary/aromatic N) is 1. The predicted octanol–water partition coefficient (Wildman–Crippen LogP) is 2.57. The minimum Gasteiger partial charge on any atom is -0.482 e. The molecule has 1 aromatic carbocycles. The first-order valence-electron chi connectivity index (χ1n) is 6.73. The van der Waals surface area contributed by atoms with E-state index in [1.165, 1.54) is 5.56 Å². The van der Waals surface area contributed by atoms with Crippen LogP contribution in [-0.2, 0) is 9.53 Å². The van der Waals surface area contributed by atoms with Gasteiger partial charge in [-0.3, -0.25) is 4.79 Å². The molecule has 1 aromatic rings. The van der Waals surface area contributed by atoms with E-state index < -0.39 is 0 Å². The van der Waals surface area contributed by atoms with Crippen molar-refractivity contribution in [3.63, 3.8) is 0 Å². The van der Waals surface area contributed by atoms with Gasteiger partial charge in [-0.1, -0.05) is 19.9 Å². The molecule has 0 saturated heterocycles. The van der Waals surface area contributed by atoms with Gasteiger partial charge in [-0.2, -0.15) is 0 Å². The predicted molar refractivity (Wildman–Crippen MR) is 74.9 cm³/mol. The molecule has 0 aliphatic carbocycles. The lowest BCUT2D eigenvalue weighted by Gasteiger charge is -2.30. The van der Waals surface area contributed by atoms with Crippen LogP contribution < -0.4 is 9.64 Å². The lowest BCUT2D eigenvalue weighted by atomic mass is 9.97. The monoisotopic (exact) mass is 263 g/mol. The van der Waals surface area contributed by atoms with E-state index in [4.69, 9.17) is 9.47 Å². The number of carbonyl (C=O) groups is 1. The summed E-state index contributed by atoms with van der Waals surface area (Å²) in [6, 6.07) is 6.11. The molecule has 0 N–H and O–H groups in total. The molecule has 0 saturated carbocycles. The van der Waals surface area contributed by atoms with Crippen LogP contribution in [0.4, 0.5) is 5.69 Å². The molecule has 0 spiro atoms. The van der Waals surface area contributed by atoms with Gasteiger partial charge in [0.05, 0.1) is 12.3 Å². The van der Waals surface area contributed by atoms with Crippen molar-refractivity contribution in [3.8, 4) is 5.75 Å². The zero-order chi connectivity index (χ0) is 13.8. The third-order valence-electron chi connectivity index (χ3n) is 3.63. The van der Waals surface area contributed by atoms with Crippen LogP contribution in [0.3, 0.4) is 0 Å². The molecule has 104 valence electrons. The van der Waals surface area contributed by atoms with Gasteiger partial charge in [0.2, 0.25) is 0 Å². The Balaban J connectivity index is 2.27. The lowest BCUT2D eigenvalue weighted by molar-refractivity contribution is -0.121. The third-order valence-corrected chi connectivity index (χ3v) is 3.63. The average molecular weight is 263 g/mol. The van der Waals surface area contributed by atoms with Crippen molar-refractivity contribution >= 4 is 11.6 Å². The summed E-state index contributed by atoms with van der Waals surface area (Å²) in [4.78, 5) is 13.6. The number of benzene rings is 1. The smallest absolute Gasteiger partial charge is 0.265 e. The third kappa shape index (κ3) is 2.89. The van der Waals surface area contributed by atoms with Crippen LogP contribution in [0.2, 0.25) is 0 Å². The average Bonchev–Trinajstić information content (AvgIpc) is 2.45. The van der Waals surface area contributed by atoms with Gasteiger partial charge in [-0.25, -0.2) is 0 Å². The Morgan fingerprint density at radius 3 is 2.95 bits per heavy atom. The van der Waals surface area contributed by atoms with Crippen molar-refractivity contribution in [2.45, 2.75) is 26.2 Å². The molecule has 2 rings (SSSR count). The van der Waals surface area contributed by atoms with Crippen LogP contribution in [0.5, 0.6) is 5.75 Å².